The van der Waals surface area contributed by atoms with Gasteiger partial charge in [-0.1, -0.05) is 11.6 Å². The standard InChI is InChI=1S/C12H18ClN3O2S/c1-15-8-5-10(6-9-15)16(2)19(17,18)11-4-3-7-14-12(11)13/h3-4,7,10H,5-6,8-9H2,1-2H3. The number of halogens is 1. The van der Waals surface area contributed by atoms with E-state index in [-0.39, 0.29) is 16.1 Å². The van der Waals surface area contributed by atoms with Crippen molar-refractivity contribution in [3.05, 3.63) is 23.5 Å². The van der Waals surface area contributed by atoms with Crippen LogP contribution in [0.15, 0.2) is 23.2 Å². The minimum Gasteiger partial charge on any atom is -0.306 e. The van der Waals surface area contributed by atoms with Gasteiger partial charge in [0, 0.05) is 19.3 Å². The fourth-order valence-corrected chi connectivity index (χ4v) is 4.12. The second kappa shape index (κ2) is 5.75. The van der Waals surface area contributed by atoms with E-state index in [1.165, 1.54) is 16.6 Å². The highest BCUT2D eigenvalue weighted by atomic mass is 35.5. The third kappa shape index (κ3) is 3.08. The smallest absolute Gasteiger partial charge is 0.246 e. The molecule has 1 aliphatic rings. The molecule has 1 aromatic heterocycles. The fourth-order valence-electron chi connectivity index (χ4n) is 2.27. The minimum atomic E-state index is -3.57. The maximum absolute atomic E-state index is 12.5. The lowest BCUT2D eigenvalue weighted by molar-refractivity contribution is 0.197. The number of hydrogen-bond acceptors (Lipinski definition) is 4. The van der Waals surface area contributed by atoms with Gasteiger partial charge >= 0.3 is 0 Å². The van der Waals surface area contributed by atoms with Crippen molar-refractivity contribution in [2.24, 2.45) is 0 Å². The Balaban J connectivity index is 2.23. The van der Waals surface area contributed by atoms with Crippen LogP contribution < -0.4 is 0 Å². The number of aromatic nitrogens is 1. The molecule has 7 heteroatoms. The average Bonchev–Trinajstić information content (AvgIpc) is 2.39. The molecule has 0 unspecified atom stereocenters. The van der Waals surface area contributed by atoms with Crippen LogP contribution in [0.5, 0.6) is 0 Å². The number of piperidine rings is 1. The van der Waals surface area contributed by atoms with Crippen molar-refractivity contribution in [2.75, 3.05) is 27.2 Å². The van der Waals surface area contributed by atoms with Crippen molar-refractivity contribution in [3.8, 4) is 0 Å². The van der Waals surface area contributed by atoms with Crippen LogP contribution in [-0.4, -0.2) is 55.8 Å². The van der Waals surface area contributed by atoms with Gasteiger partial charge in [0.25, 0.3) is 0 Å². The number of sulfonamides is 1. The Hall–Kier alpha value is -0.690. The molecule has 0 aliphatic carbocycles. The van der Waals surface area contributed by atoms with Crippen molar-refractivity contribution in [1.82, 2.24) is 14.2 Å². The molecule has 0 bridgehead atoms. The summed E-state index contributed by atoms with van der Waals surface area (Å²) in [5, 5.41) is 0.0299. The molecule has 0 aromatic carbocycles. The quantitative estimate of drug-likeness (QED) is 0.793. The van der Waals surface area contributed by atoms with E-state index in [9.17, 15) is 8.42 Å². The monoisotopic (exact) mass is 303 g/mol. The van der Waals surface area contributed by atoms with E-state index < -0.39 is 10.0 Å². The Morgan fingerprint density at radius 2 is 2.05 bits per heavy atom. The zero-order valence-electron chi connectivity index (χ0n) is 11.1. The fraction of sp³-hybridized carbons (Fsp3) is 0.583. The predicted octanol–water partition coefficient (Wildman–Crippen LogP) is 1.45. The molecule has 1 aliphatic heterocycles. The Morgan fingerprint density at radius 1 is 1.42 bits per heavy atom. The minimum absolute atomic E-state index is 0.0254. The van der Waals surface area contributed by atoms with Crippen LogP contribution in [0.3, 0.4) is 0 Å². The Morgan fingerprint density at radius 3 is 2.63 bits per heavy atom. The van der Waals surface area contributed by atoms with Crippen molar-refractivity contribution in [1.29, 1.82) is 0 Å². The molecule has 0 saturated carbocycles. The molecule has 5 nitrogen and oxygen atoms in total. The van der Waals surface area contributed by atoms with E-state index >= 15 is 0 Å². The first-order valence-electron chi connectivity index (χ1n) is 6.20. The van der Waals surface area contributed by atoms with E-state index in [2.05, 4.69) is 9.88 Å². The van der Waals surface area contributed by atoms with Crippen molar-refractivity contribution in [3.63, 3.8) is 0 Å². The van der Waals surface area contributed by atoms with Crippen LogP contribution in [0.1, 0.15) is 12.8 Å². The van der Waals surface area contributed by atoms with Crippen LogP contribution in [0, 0.1) is 0 Å². The van der Waals surface area contributed by atoms with Crippen molar-refractivity contribution < 1.29 is 8.42 Å². The van der Waals surface area contributed by atoms with Gasteiger partial charge in [-0.15, -0.1) is 0 Å². The molecule has 1 fully saturated rings. The molecular formula is C12H18ClN3O2S. The van der Waals surface area contributed by atoms with Crippen LogP contribution in [0.25, 0.3) is 0 Å². The molecule has 19 heavy (non-hydrogen) atoms. The van der Waals surface area contributed by atoms with Crippen LogP contribution in [0.4, 0.5) is 0 Å². The molecule has 1 aromatic rings. The lowest BCUT2D eigenvalue weighted by atomic mass is 10.1. The number of hydrogen-bond donors (Lipinski definition) is 0. The first kappa shape index (κ1) is 14.7. The second-order valence-corrected chi connectivity index (χ2v) is 7.17. The summed E-state index contributed by atoms with van der Waals surface area (Å²) in [6.07, 6.45) is 3.16. The van der Waals surface area contributed by atoms with Crippen LogP contribution in [-0.2, 0) is 10.0 Å². The van der Waals surface area contributed by atoms with E-state index in [1.807, 2.05) is 7.05 Å². The molecule has 2 rings (SSSR count). The van der Waals surface area contributed by atoms with Gasteiger partial charge in [-0.05, 0) is 45.1 Å². The number of rotatable bonds is 3. The zero-order valence-corrected chi connectivity index (χ0v) is 12.7. The largest absolute Gasteiger partial charge is 0.306 e. The first-order valence-corrected chi connectivity index (χ1v) is 8.02. The maximum atomic E-state index is 12.5. The third-order valence-electron chi connectivity index (χ3n) is 3.58. The predicted molar refractivity (Wildman–Crippen MR) is 74.7 cm³/mol. The molecule has 1 saturated heterocycles. The van der Waals surface area contributed by atoms with E-state index in [0.717, 1.165) is 25.9 Å². The molecule has 0 amide bonds. The van der Waals surface area contributed by atoms with Crippen LogP contribution >= 0.6 is 11.6 Å². The van der Waals surface area contributed by atoms with E-state index in [0.29, 0.717) is 0 Å². The zero-order chi connectivity index (χ0) is 14.0. The van der Waals surface area contributed by atoms with Crippen molar-refractivity contribution in [2.45, 2.75) is 23.8 Å². The van der Waals surface area contributed by atoms with Gasteiger partial charge in [0.1, 0.15) is 10.0 Å². The van der Waals surface area contributed by atoms with Gasteiger partial charge < -0.3 is 4.90 Å². The Kier molecular flexibility index (Phi) is 4.45. The molecule has 0 atom stereocenters. The number of likely N-dealkylation sites (tertiary alicyclic amines) is 1. The SMILES string of the molecule is CN1CCC(N(C)S(=O)(=O)c2cccnc2Cl)CC1. The molecule has 106 valence electrons. The van der Waals surface area contributed by atoms with Crippen molar-refractivity contribution >= 4 is 21.6 Å². The topological polar surface area (TPSA) is 53.5 Å². The van der Waals surface area contributed by atoms with Crippen LogP contribution in [0.2, 0.25) is 5.15 Å². The summed E-state index contributed by atoms with van der Waals surface area (Å²) >= 11 is 5.89. The highest BCUT2D eigenvalue weighted by molar-refractivity contribution is 7.89. The van der Waals surface area contributed by atoms with Gasteiger partial charge in [0.15, 0.2) is 0 Å². The molecule has 0 N–H and O–H groups in total. The normalized spacial score (nSPS) is 18.9. The molecule has 2 heterocycles. The molecule has 0 spiro atoms. The number of nitrogens with zero attached hydrogens (tertiary/aromatic N) is 3. The summed E-state index contributed by atoms with van der Waals surface area (Å²) in [7, 11) is 0.0976. The van der Waals surface area contributed by atoms with Gasteiger partial charge in [0.2, 0.25) is 10.0 Å². The maximum Gasteiger partial charge on any atom is 0.246 e. The average molecular weight is 304 g/mol. The summed E-state index contributed by atoms with van der Waals surface area (Å²) < 4.78 is 26.5. The van der Waals surface area contributed by atoms with E-state index in [1.54, 1.807) is 13.1 Å². The van der Waals surface area contributed by atoms with Gasteiger partial charge in [-0.2, -0.15) is 4.31 Å². The summed E-state index contributed by atoms with van der Waals surface area (Å²) in [6.45, 7) is 1.82. The highest BCUT2D eigenvalue weighted by Gasteiger charge is 2.31. The van der Waals surface area contributed by atoms with E-state index in [4.69, 9.17) is 11.6 Å². The summed E-state index contributed by atoms with van der Waals surface area (Å²) in [5.41, 5.74) is 0. The molecule has 0 radical (unpaired) electrons. The summed E-state index contributed by atoms with van der Waals surface area (Å²) in [4.78, 5) is 6.12. The van der Waals surface area contributed by atoms with Gasteiger partial charge in [0.05, 0.1) is 0 Å². The number of pyridine rings is 1. The Labute approximate surface area is 119 Å². The van der Waals surface area contributed by atoms with Gasteiger partial charge in [-0.25, -0.2) is 13.4 Å². The summed E-state index contributed by atoms with van der Waals surface area (Å²) in [6, 6.07) is 3.11. The third-order valence-corrected chi connectivity index (χ3v) is 5.94. The summed E-state index contributed by atoms with van der Waals surface area (Å²) in [5.74, 6) is 0. The lowest BCUT2D eigenvalue weighted by Gasteiger charge is -2.34. The first-order chi connectivity index (χ1) is 8.93. The lowest BCUT2D eigenvalue weighted by Crippen LogP contribution is -2.44. The molecular weight excluding hydrogens is 286 g/mol. The second-order valence-electron chi connectivity index (χ2n) is 4.85. The Bertz CT molecular complexity index is 542. The highest BCUT2D eigenvalue weighted by Crippen LogP contribution is 2.25. The van der Waals surface area contributed by atoms with Gasteiger partial charge in [-0.3, -0.25) is 0 Å².